The highest BCUT2D eigenvalue weighted by atomic mass is 32.2. The van der Waals surface area contributed by atoms with Crippen LogP contribution in [0.5, 0.6) is 5.75 Å². The third-order valence-corrected chi connectivity index (χ3v) is 16.5. The summed E-state index contributed by atoms with van der Waals surface area (Å²) in [6, 6.07) is 12.1. The van der Waals surface area contributed by atoms with Gasteiger partial charge in [-0.25, -0.2) is 27.0 Å². The number of rotatable bonds is 49. The Labute approximate surface area is 549 Å². The summed E-state index contributed by atoms with van der Waals surface area (Å²) in [5, 5.41) is 17.1. The lowest BCUT2D eigenvalue weighted by atomic mass is 10.0. The minimum Gasteiger partial charge on any atom is -0.444 e. The molecule has 28 nitrogen and oxygen atoms in total. The standard InChI is InChI=1S/C61H86F4N6O22S2/c1-61(2,93-60(76)68-14-15-72)12-3-4-13-67-59(75)47-36-46-9-8-45(38-49(46)70-50(66)39-47)44-6-5-7-48(37-44)94(77,78)71-41-43(42-71)40-69-51(73)10-16-82-18-20-84-22-24-86-26-28-88-30-32-90-34-35-91-33-31-89-29-27-87-25-23-85-21-19-83-17-11-52(74)92-57-53(62)55(64)58(95(79,80)81)56(65)54(57)63/h5-9,36-38,43,72H,3-4,10-35,39-42H2,1-2H3,(H2,66,70)(H,67,75)(H,68,76)(H,69,73)(H,79,80,81). The Balaban J connectivity index is 0.770. The predicted octanol–water partition coefficient (Wildman–Crippen LogP) is 4.00. The van der Waals surface area contributed by atoms with Crippen LogP contribution < -0.4 is 26.4 Å². The van der Waals surface area contributed by atoms with Crippen LogP contribution in [0.4, 0.5) is 28.0 Å². The van der Waals surface area contributed by atoms with Crippen molar-refractivity contribution in [3.05, 3.63) is 76.9 Å². The van der Waals surface area contributed by atoms with E-state index in [9.17, 15) is 53.6 Å². The van der Waals surface area contributed by atoms with Gasteiger partial charge in [-0.15, -0.1) is 0 Å². The van der Waals surface area contributed by atoms with Gasteiger partial charge in [0.25, 0.3) is 0 Å². The van der Waals surface area contributed by atoms with Gasteiger partial charge >= 0.3 is 22.2 Å². The maximum absolute atomic E-state index is 14.0. The van der Waals surface area contributed by atoms with Crippen molar-refractivity contribution in [1.82, 2.24) is 20.3 Å². The fourth-order valence-electron chi connectivity index (χ4n) is 8.86. The molecule has 5 rings (SSSR count). The molecule has 532 valence electrons. The van der Waals surface area contributed by atoms with Crippen LogP contribution in [0.2, 0.25) is 0 Å². The van der Waals surface area contributed by atoms with Gasteiger partial charge in [-0.05, 0) is 68.5 Å². The van der Waals surface area contributed by atoms with Crippen LogP contribution in [0.15, 0.2) is 62.8 Å². The fraction of sp³-hybridized carbons (Fsp3) is 0.590. The van der Waals surface area contributed by atoms with Crippen molar-refractivity contribution >= 4 is 61.6 Å². The topological polar surface area (TPSA) is 365 Å². The number of aliphatic imine (C=N–C) groups is 1. The first kappa shape index (κ1) is 79.3. The zero-order chi connectivity index (χ0) is 69.1. The Hall–Kier alpha value is -6.35. The van der Waals surface area contributed by atoms with E-state index >= 15 is 0 Å². The van der Waals surface area contributed by atoms with E-state index in [4.69, 9.17) is 67.5 Å². The normalized spacial score (nSPS) is 13.7. The predicted molar refractivity (Wildman–Crippen MR) is 333 cm³/mol. The van der Waals surface area contributed by atoms with Crippen LogP contribution in [0, 0.1) is 29.2 Å². The van der Waals surface area contributed by atoms with Crippen molar-refractivity contribution in [3.63, 3.8) is 0 Å². The maximum atomic E-state index is 14.0. The van der Waals surface area contributed by atoms with Crippen molar-refractivity contribution < 1.29 is 120 Å². The van der Waals surface area contributed by atoms with Gasteiger partial charge in [0.15, 0.2) is 16.5 Å². The molecule has 0 aromatic heterocycles. The average molecular weight is 1400 g/mol. The number of amidine groups is 1. The number of halogens is 4. The van der Waals surface area contributed by atoms with Gasteiger partial charge in [0.05, 0.1) is 156 Å². The first-order valence-electron chi connectivity index (χ1n) is 30.7. The molecule has 0 bridgehead atoms. The molecule has 0 aliphatic carbocycles. The number of unbranched alkanes of at least 4 members (excludes halogenated alkanes) is 1. The summed E-state index contributed by atoms with van der Waals surface area (Å²) in [5.74, 6) is -13.0. The van der Waals surface area contributed by atoms with Crippen molar-refractivity contribution in [1.29, 1.82) is 0 Å². The average Bonchev–Trinajstić information content (AvgIpc) is 1.06. The number of carbonyl (C=O) groups is 4. The minimum atomic E-state index is -5.66. The van der Waals surface area contributed by atoms with Gasteiger partial charge < -0.3 is 83.6 Å². The molecule has 3 aromatic carbocycles. The molecule has 2 aliphatic heterocycles. The number of nitrogens with zero attached hydrogens (tertiary/aromatic N) is 2. The lowest BCUT2D eigenvalue weighted by molar-refractivity contribution is -0.136. The smallest absolute Gasteiger partial charge is 0.407 e. The van der Waals surface area contributed by atoms with E-state index in [1.807, 2.05) is 12.1 Å². The summed E-state index contributed by atoms with van der Waals surface area (Å²) in [6.45, 7) is 10.1. The number of carbonyl (C=O) groups excluding carboxylic acids is 4. The van der Waals surface area contributed by atoms with Crippen LogP contribution in [0.3, 0.4) is 0 Å². The van der Waals surface area contributed by atoms with E-state index in [0.29, 0.717) is 153 Å². The van der Waals surface area contributed by atoms with Gasteiger partial charge in [0, 0.05) is 62.6 Å². The minimum absolute atomic E-state index is 0.00759. The number of alkyl carbamates (subject to hydrolysis) is 1. The number of hydrogen-bond donors (Lipinski definition) is 6. The Bertz CT molecular complexity index is 3190. The molecule has 34 heteroatoms. The molecule has 0 radical (unpaired) electrons. The second kappa shape index (κ2) is 42.4. The van der Waals surface area contributed by atoms with E-state index in [1.165, 1.54) is 4.31 Å². The quantitative estimate of drug-likeness (QED) is 0.0116. The van der Waals surface area contributed by atoms with Crippen LogP contribution >= 0.6 is 0 Å². The molecule has 2 heterocycles. The molecule has 3 amide bonds. The lowest BCUT2D eigenvalue weighted by Crippen LogP contribution is -2.53. The Kier molecular flexibility index (Phi) is 35.4. The fourth-order valence-corrected chi connectivity index (χ4v) is 11.1. The van der Waals surface area contributed by atoms with Crippen LogP contribution in [-0.2, 0) is 86.6 Å². The molecule has 7 N–H and O–H groups in total. The zero-order valence-corrected chi connectivity index (χ0v) is 54.8. The van der Waals surface area contributed by atoms with E-state index < -0.39 is 78.1 Å². The number of aliphatic hydroxyl groups excluding tert-OH is 1. The number of sulfonamides is 1. The summed E-state index contributed by atoms with van der Waals surface area (Å²) < 4.78 is 179. The molecular formula is C61H86F4N6O22S2. The second-order valence-electron chi connectivity index (χ2n) is 21.7. The van der Waals surface area contributed by atoms with E-state index in [1.54, 1.807) is 50.3 Å². The monoisotopic (exact) mass is 1390 g/mol. The highest BCUT2D eigenvalue weighted by molar-refractivity contribution is 7.89. The highest BCUT2D eigenvalue weighted by Crippen LogP contribution is 2.35. The number of esters is 1. The summed E-state index contributed by atoms with van der Waals surface area (Å²) in [7, 11) is -9.49. The third kappa shape index (κ3) is 29.1. The van der Waals surface area contributed by atoms with Gasteiger partial charge in [-0.3, -0.25) is 18.9 Å². The number of amides is 3. The van der Waals surface area contributed by atoms with Crippen molar-refractivity contribution in [3.8, 4) is 16.9 Å². The number of hydrogen-bond acceptors (Lipinski definition) is 23. The van der Waals surface area contributed by atoms with E-state index in [0.717, 1.165) is 0 Å². The summed E-state index contributed by atoms with van der Waals surface area (Å²) in [6.07, 6.45) is 2.73. The number of ether oxygens (including phenoxy) is 12. The molecule has 0 unspecified atom stereocenters. The highest BCUT2D eigenvalue weighted by Gasteiger charge is 2.37. The van der Waals surface area contributed by atoms with E-state index in [2.05, 4.69) is 25.7 Å². The third-order valence-electron chi connectivity index (χ3n) is 13.8. The number of benzene rings is 3. The molecule has 1 fully saturated rings. The van der Waals surface area contributed by atoms with Crippen LogP contribution in [0.1, 0.15) is 57.9 Å². The zero-order valence-electron chi connectivity index (χ0n) is 53.2. The number of nitrogens with two attached hydrogens (primary N) is 1. The molecule has 3 aromatic rings. The van der Waals surface area contributed by atoms with Crippen molar-refractivity contribution in [2.45, 2.75) is 67.8 Å². The van der Waals surface area contributed by atoms with Crippen LogP contribution in [0.25, 0.3) is 17.2 Å². The second-order valence-corrected chi connectivity index (χ2v) is 25.0. The summed E-state index contributed by atoms with van der Waals surface area (Å²) >= 11 is 0. The molecule has 0 saturated carbocycles. The molecule has 0 atom stereocenters. The van der Waals surface area contributed by atoms with Gasteiger partial charge in [0.1, 0.15) is 11.4 Å². The van der Waals surface area contributed by atoms with Gasteiger partial charge in [-0.2, -0.15) is 21.5 Å². The summed E-state index contributed by atoms with van der Waals surface area (Å²) in [4.78, 5) is 51.9. The first-order valence-corrected chi connectivity index (χ1v) is 33.6. The SMILES string of the molecule is CC(C)(CCCCNC(=O)C1=Cc2ccc(-c3cccc(S(=O)(=O)N4CC(CNC(=O)CCOCCOCCOCCOCCOCCOCCOCCOCCOCCOCCC(=O)Oc5c(F)c(F)c(S(=O)(=O)O)c(F)c5F)C4)c3)cc2N=C(N)C1)OC(=O)NCCO. The Morgan fingerprint density at radius 2 is 1.13 bits per heavy atom. The first-order chi connectivity index (χ1) is 45.5. The van der Waals surface area contributed by atoms with Crippen molar-refractivity contribution in [2.24, 2.45) is 16.6 Å². The molecular weight excluding hydrogens is 1310 g/mol. The molecule has 2 aliphatic rings. The number of aliphatic hydroxyl groups is 1. The van der Waals surface area contributed by atoms with Crippen LogP contribution in [-0.4, -0.2) is 238 Å². The number of nitrogens with one attached hydrogen (secondary N) is 3. The number of fused-ring (bicyclic) bond motifs is 1. The lowest BCUT2D eigenvalue weighted by Gasteiger charge is -2.38. The van der Waals surface area contributed by atoms with Crippen molar-refractivity contribution in [2.75, 3.05) is 171 Å². The Morgan fingerprint density at radius 3 is 1.63 bits per heavy atom. The Morgan fingerprint density at radius 1 is 0.632 bits per heavy atom. The van der Waals surface area contributed by atoms with Gasteiger partial charge in [-0.1, -0.05) is 24.3 Å². The molecule has 95 heavy (non-hydrogen) atoms. The molecule has 1 saturated heterocycles. The van der Waals surface area contributed by atoms with Gasteiger partial charge in [0.2, 0.25) is 39.2 Å². The largest absolute Gasteiger partial charge is 0.444 e. The molecule has 0 spiro atoms. The van der Waals surface area contributed by atoms with E-state index in [-0.39, 0.29) is 107 Å². The summed E-state index contributed by atoms with van der Waals surface area (Å²) in [5.41, 5.74) is 8.56. The maximum Gasteiger partial charge on any atom is 0.407 e.